The number of urea groups is 1. The Bertz CT molecular complexity index is 896. The topological polar surface area (TPSA) is 70.5 Å². The molecule has 0 saturated carbocycles. The van der Waals surface area contributed by atoms with Crippen LogP contribution < -0.4 is 5.32 Å². The van der Waals surface area contributed by atoms with Crippen molar-refractivity contribution in [2.24, 2.45) is 0 Å². The van der Waals surface area contributed by atoms with Gasteiger partial charge in [0.05, 0.1) is 29.2 Å². The second kappa shape index (κ2) is 7.83. The lowest BCUT2D eigenvalue weighted by molar-refractivity contribution is 0.0633. The van der Waals surface area contributed by atoms with Crippen molar-refractivity contribution < 1.29 is 9.59 Å². The third-order valence-electron chi connectivity index (χ3n) is 5.50. The minimum absolute atomic E-state index is 0.0190. The molecule has 7 nitrogen and oxygen atoms in total. The lowest BCUT2D eigenvalue weighted by Gasteiger charge is -2.37. The molecule has 8 heteroatoms. The number of carbonyl (C=O) groups is 2. The van der Waals surface area contributed by atoms with Crippen LogP contribution in [0.5, 0.6) is 0 Å². The lowest BCUT2D eigenvalue weighted by atomic mass is 10.0. The summed E-state index contributed by atoms with van der Waals surface area (Å²) in [5.41, 5.74) is 2.33. The van der Waals surface area contributed by atoms with Gasteiger partial charge in [-0.15, -0.1) is 0 Å². The summed E-state index contributed by atoms with van der Waals surface area (Å²) in [5, 5.41) is 7.94. The van der Waals surface area contributed by atoms with Crippen LogP contribution in [0.1, 0.15) is 35.8 Å². The second-order valence-electron chi connectivity index (χ2n) is 7.22. The number of nitrogens with one attached hydrogen (secondary N) is 1. The van der Waals surface area contributed by atoms with Gasteiger partial charge < -0.3 is 15.1 Å². The van der Waals surface area contributed by atoms with Gasteiger partial charge in [-0.05, 0) is 37.5 Å². The van der Waals surface area contributed by atoms with Gasteiger partial charge in [0.1, 0.15) is 0 Å². The van der Waals surface area contributed by atoms with Crippen LogP contribution in [0, 0.1) is 0 Å². The zero-order valence-corrected chi connectivity index (χ0v) is 16.7. The number of benzene rings is 1. The Morgan fingerprint density at radius 1 is 1.36 bits per heavy atom. The molecule has 0 spiro atoms. The summed E-state index contributed by atoms with van der Waals surface area (Å²) in [4.78, 5) is 29.0. The summed E-state index contributed by atoms with van der Waals surface area (Å²) in [7, 11) is 0. The van der Waals surface area contributed by atoms with Crippen molar-refractivity contribution in [3.05, 3.63) is 46.7 Å². The van der Waals surface area contributed by atoms with Crippen LogP contribution in [0.3, 0.4) is 0 Å². The molecule has 3 heterocycles. The van der Waals surface area contributed by atoms with E-state index in [-0.39, 0.29) is 18.0 Å². The van der Waals surface area contributed by atoms with Crippen molar-refractivity contribution in [2.45, 2.75) is 32.2 Å². The van der Waals surface area contributed by atoms with Gasteiger partial charge in [-0.1, -0.05) is 24.6 Å². The minimum Gasteiger partial charge on any atom is -0.336 e. The van der Waals surface area contributed by atoms with Crippen molar-refractivity contribution in [3.8, 4) is 5.69 Å². The van der Waals surface area contributed by atoms with Crippen molar-refractivity contribution >= 4 is 23.5 Å². The average Bonchev–Trinajstić information content (AvgIpc) is 3.33. The van der Waals surface area contributed by atoms with E-state index in [4.69, 9.17) is 11.6 Å². The molecule has 4 rings (SSSR count). The van der Waals surface area contributed by atoms with Gasteiger partial charge in [-0.25, -0.2) is 9.48 Å². The molecule has 2 aliphatic rings. The predicted molar refractivity (Wildman–Crippen MR) is 107 cm³/mol. The average molecular weight is 402 g/mol. The van der Waals surface area contributed by atoms with Crippen LogP contribution in [0.2, 0.25) is 5.02 Å². The molecular formula is C20H24ClN5O2. The van der Waals surface area contributed by atoms with Gasteiger partial charge in [0, 0.05) is 31.2 Å². The van der Waals surface area contributed by atoms with Gasteiger partial charge in [-0.3, -0.25) is 4.79 Å². The van der Waals surface area contributed by atoms with E-state index in [1.165, 1.54) is 0 Å². The maximum Gasteiger partial charge on any atom is 0.317 e. The molecule has 2 saturated heterocycles. The smallest absolute Gasteiger partial charge is 0.317 e. The first-order valence-corrected chi connectivity index (χ1v) is 10.1. The molecule has 2 aliphatic heterocycles. The number of hydrogen-bond donors (Lipinski definition) is 1. The Morgan fingerprint density at radius 2 is 2.21 bits per heavy atom. The van der Waals surface area contributed by atoms with Crippen LogP contribution in [-0.4, -0.2) is 63.7 Å². The third kappa shape index (κ3) is 3.46. The highest BCUT2D eigenvalue weighted by Gasteiger charge is 2.34. The van der Waals surface area contributed by atoms with Gasteiger partial charge >= 0.3 is 6.03 Å². The van der Waals surface area contributed by atoms with Crippen molar-refractivity contribution in [2.75, 3.05) is 26.2 Å². The zero-order valence-electron chi connectivity index (χ0n) is 15.9. The molecule has 1 atom stereocenters. The first kappa shape index (κ1) is 18.8. The molecule has 2 aromatic rings. The molecule has 0 unspecified atom stereocenters. The highest BCUT2D eigenvalue weighted by atomic mass is 35.5. The summed E-state index contributed by atoms with van der Waals surface area (Å²) >= 11 is 6.12. The Hall–Kier alpha value is -2.54. The monoisotopic (exact) mass is 401 g/mol. The molecule has 2 fully saturated rings. The number of amides is 3. The summed E-state index contributed by atoms with van der Waals surface area (Å²) in [6.07, 6.45) is 4.15. The van der Waals surface area contributed by atoms with Crippen LogP contribution in [0.25, 0.3) is 5.69 Å². The maximum atomic E-state index is 13.3. The van der Waals surface area contributed by atoms with E-state index in [0.717, 1.165) is 24.2 Å². The predicted octanol–water partition coefficient (Wildman–Crippen LogP) is 2.72. The van der Waals surface area contributed by atoms with Crippen molar-refractivity contribution in [3.63, 3.8) is 0 Å². The van der Waals surface area contributed by atoms with Crippen LogP contribution in [0.15, 0.2) is 30.5 Å². The van der Waals surface area contributed by atoms with Gasteiger partial charge in [0.2, 0.25) is 0 Å². The number of carbonyl (C=O) groups excluding carboxylic acids is 2. The van der Waals surface area contributed by atoms with E-state index in [9.17, 15) is 9.59 Å². The van der Waals surface area contributed by atoms with E-state index in [1.807, 2.05) is 41.0 Å². The van der Waals surface area contributed by atoms with Crippen LogP contribution in [-0.2, 0) is 6.42 Å². The van der Waals surface area contributed by atoms with E-state index >= 15 is 0 Å². The fourth-order valence-electron chi connectivity index (χ4n) is 4.12. The van der Waals surface area contributed by atoms with Crippen molar-refractivity contribution in [1.82, 2.24) is 24.9 Å². The Labute approximate surface area is 169 Å². The quantitative estimate of drug-likeness (QED) is 0.856. The molecule has 1 aromatic heterocycles. The summed E-state index contributed by atoms with van der Waals surface area (Å²) in [6, 6.07) is 7.50. The summed E-state index contributed by atoms with van der Waals surface area (Å²) in [5.74, 6) is -0.0190. The normalized spacial score (nSPS) is 19.8. The van der Waals surface area contributed by atoms with Gasteiger partial charge in [0.25, 0.3) is 5.91 Å². The second-order valence-corrected chi connectivity index (χ2v) is 7.66. The number of rotatable bonds is 4. The SMILES string of the molecule is CCc1c(C(=O)N2CCC[C@H](N3CCNC3=O)C2)cnn1-c1cccc(Cl)c1. The Morgan fingerprint density at radius 3 is 2.93 bits per heavy atom. The lowest BCUT2D eigenvalue weighted by Crippen LogP contribution is -2.50. The molecule has 0 aliphatic carbocycles. The molecule has 0 bridgehead atoms. The largest absolute Gasteiger partial charge is 0.336 e. The number of halogens is 1. The number of hydrogen-bond acceptors (Lipinski definition) is 3. The van der Waals surface area contributed by atoms with Crippen LogP contribution in [0.4, 0.5) is 4.79 Å². The van der Waals surface area contributed by atoms with E-state index in [1.54, 1.807) is 10.9 Å². The van der Waals surface area contributed by atoms with Gasteiger partial charge in [-0.2, -0.15) is 5.10 Å². The van der Waals surface area contributed by atoms with Crippen molar-refractivity contribution in [1.29, 1.82) is 0 Å². The first-order valence-electron chi connectivity index (χ1n) is 9.75. The molecule has 0 radical (unpaired) electrons. The Kier molecular flexibility index (Phi) is 5.26. The van der Waals surface area contributed by atoms with E-state index < -0.39 is 0 Å². The van der Waals surface area contributed by atoms with Crippen LogP contribution >= 0.6 is 11.6 Å². The molecular weight excluding hydrogens is 378 g/mol. The summed E-state index contributed by atoms with van der Waals surface area (Å²) in [6.45, 7) is 4.67. The standard InChI is InChI=1S/C20H24ClN5O2/c1-2-18-17(12-23-26(18)15-6-3-5-14(21)11-15)19(27)24-9-4-7-16(13-24)25-10-8-22-20(25)28/h3,5-6,11-12,16H,2,4,7-10,13H2,1H3,(H,22,28)/t16-/m0/s1. The highest BCUT2D eigenvalue weighted by Crippen LogP contribution is 2.23. The number of aromatic nitrogens is 2. The fourth-order valence-corrected chi connectivity index (χ4v) is 4.31. The maximum absolute atomic E-state index is 13.3. The molecule has 28 heavy (non-hydrogen) atoms. The minimum atomic E-state index is -0.0256. The van der Waals surface area contributed by atoms with Gasteiger partial charge in [0.15, 0.2) is 0 Å². The number of piperidine rings is 1. The summed E-state index contributed by atoms with van der Waals surface area (Å²) < 4.78 is 1.79. The number of likely N-dealkylation sites (tertiary alicyclic amines) is 1. The Balaban J connectivity index is 1.57. The van der Waals surface area contributed by atoms with E-state index in [0.29, 0.717) is 43.2 Å². The zero-order chi connectivity index (χ0) is 19.7. The molecule has 148 valence electrons. The fraction of sp³-hybridized carbons (Fsp3) is 0.450. The number of nitrogens with zero attached hydrogens (tertiary/aromatic N) is 4. The molecule has 3 amide bonds. The third-order valence-corrected chi connectivity index (χ3v) is 5.74. The first-order chi connectivity index (χ1) is 13.6. The van der Waals surface area contributed by atoms with E-state index in [2.05, 4.69) is 10.4 Å². The molecule has 1 aromatic carbocycles. The highest BCUT2D eigenvalue weighted by molar-refractivity contribution is 6.30. The molecule has 1 N–H and O–H groups in total.